The number of aliphatic hydroxyl groups is 2. The number of methoxy groups -OCH3 is 1. The van der Waals surface area contributed by atoms with Crippen molar-refractivity contribution in [1.82, 2.24) is 0 Å². The number of hydrogen-bond donors (Lipinski definition) is 4. The maximum atomic E-state index is 11.0. The summed E-state index contributed by atoms with van der Waals surface area (Å²) < 4.78 is 5.14. The molecule has 0 spiro atoms. The fourth-order valence-electron chi connectivity index (χ4n) is 2.05. The second kappa shape index (κ2) is 9.36. The smallest absolute Gasteiger partial charge is 0.331 e. The van der Waals surface area contributed by atoms with Crippen molar-refractivity contribution in [3.8, 4) is 0 Å². The summed E-state index contributed by atoms with van der Waals surface area (Å²) >= 11 is 0. The molecule has 0 saturated heterocycles. The molecular weight excluding hydrogens is 276 g/mol. The molecule has 0 amide bonds. The Kier molecular flexibility index (Phi) is 8.64. The summed E-state index contributed by atoms with van der Waals surface area (Å²) in [6.45, 7) is 5.29. The normalized spacial score (nSPS) is 23.1. The molecule has 0 aromatic carbocycles. The summed E-state index contributed by atoms with van der Waals surface area (Å²) in [5, 5.41) is 27.7. The van der Waals surface area contributed by atoms with Gasteiger partial charge in [0.2, 0.25) is 0 Å². The number of carboxylic acids is 1. The quantitative estimate of drug-likeness (QED) is 0.586. The van der Waals surface area contributed by atoms with Crippen molar-refractivity contribution < 1.29 is 24.9 Å². The summed E-state index contributed by atoms with van der Waals surface area (Å²) in [7, 11) is 1.43. The lowest BCUT2D eigenvalue weighted by Gasteiger charge is -2.25. The van der Waals surface area contributed by atoms with Crippen LogP contribution < -0.4 is 5.73 Å². The van der Waals surface area contributed by atoms with Gasteiger partial charge in [0.1, 0.15) is 0 Å². The van der Waals surface area contributed by atoms with Gasteiger partial charge < -0.3 is 25.8 Å². The molecule has 0 aliphatic heterocycles. The van der Waals surface area contributed by atoms with Crippen LogP contribution in [-0.4, -0.2) is 52.9 Å². The first kappa shape index (κ1) is 19.4. The zero-order valence-corrected chi connectivity index (χ0v) is 13.0. The van der Waals surface area contributed by atoms with Crippen LogP contribution in [0.2, 0.25) is 0 Å². The van der Waals surface area contributed by atoms with Crippen LogP contribution in [-0.2, 0) is 9.53 Å². The van der Waals surface area contributed by atoms with Gasteiger partial charge in [0, 0.05) is 6.61 Å². The number of hydrogen-bond acceptors (Lipinski definition) is 6. The number of aliphatic carboxylic acids is 1. The number of carboxylic acid groups (broad SMARTS) is 1. The number of carbonyl (C=O) groups is 1. The molecule has 0 heterocycles. The third-order valence-corrected chi connectivity index (χ3v) is 3.01. The number of ether oxygens (including phenoxy) is 1. The van der Waals surface area contributed by atoms with Crippen LogP contribution in [0.25, 0.3) is 0 Å². The predicted octanol–water partition coefficient (Wildman–Crippen LogP) is 0.507. The van der Waals surface area contributed by atoms with Crippen molar-refractivity contribution in [3.05, 3.63) is 11.5 Å². The number of nitrogens with two attached hydrogens (primary N) is 1. The molecule has 1 aliphatic carbocycles. The van der Waals surface area contributed by atoms with Crippen LogP contribution >= 0.6 is 0 Å². The minimum absolute atomic E-state index is 0.0663. The molecule has 0 aromatic heterocycles. The van der Waals surface area contributed by atoms with Gasteiger partial charge in [0.25, 0.3) is 0 Å². The van der Waals surface area contributed by atoms with Gasteiger partial charge in [-0.1, -0.05) is 13.8 Å². The van der Waals surface area contributed by atoms with E-state index >= 15 is 0 Å². The summed E-state index contributed by atoms with van der Waals surface area (Å²) in [5.41, 5.74) is 6.63. The second-order valence-electron chi connectivity index (χ2n) is 4.61. The van der Waals surface area contributed by atoms with Crippen molar-refractivity contribution in [1.29, 1.82) is 0 Å². The molecule has 0 saturated carbocycles. The van der Waals surface area contributed by atoms with E-state index in [0.717, 1.165) is 0 Å². The van der Waals surface area contributed by atoms with Crippen LogP contribution in [0.3, 0.4) is 0 Å². The lowest BCUT2D eigenvalue weighted by Crippen LogP contribution is -2.33. The van der Waals surface area contributed by atoms with Crippen molar-refractivity contribution in [2.45, 2.75) is 45.8 Å². The fraction of sp³-hybridized carbons (Fsp3) is 0.714. The SMILES string of the molecule is CC.COC1=C(N)CC(CO)CC1=NC(C(=O)O)C(C)O. The number of allylic oxidation sites excluding steroid dienone is 2. The molecule has 0 aromatic rings. The van der Waals surface area contributed by atoms with E-state index in [0.29, 0.717) is 30.0 Å². The van der Waals surface area contributed by atoms with E-state index in [9.17, 15) is 15.0 Å². The van der Waals surface area contributed by atoms with E-state index < -0.39 is 18.1 Å². The van der Waals surface area contributed by atoms with Gasteiger partial charge in [0.05, 0.1) is 24.6 Å². The first-order valence-corrected chi connectivity index (χ1v) is 7.02. The van der Waals surface area contributed by atoms with Gasteiger partial charge in [-0.15, -0.1) is 0 Å². The molecule has 7 nitrogen and oxygen atoms in total. The lowest BCUT2D eigenvalue weighted by molar-refractivity contribution is -0.140. The highest BCUT2D eigenvalue weighted by Gasteiger charge is 2.29. The average molecular weight is 302 g/mol. The van der Waals surface area contributed by atoms with Gasteiger partial charge in [0.15, 0.2) is 11.8 Å². The maximum Gasteiger partial charge on any atom is 0.331 e. The number of nitrogens with zero attached hydrogens (tertiary/aromatic N) is 1. The average Bonchev–Trinajstić information content (AvgIpc) is 2.45. The van der Waals surface area contributed by atoms with Gasteiger partial charge >= 0.3 is 5.97 Å². The Morgan fingerprint density at radius 2 is 2.05 bits per heavy atom. The number of rotatable bonds is 5. The molecule has 21 heavy (non-hydrogen) atoms. The van der Waals surface area contributed by atoms with Crippen LogP contribution in [0.4, 0.5) is 0 Å². The van der Waals surface area contributed by atoms with Crippen molar-refractivity contribution in [3.63, 3.8) is 0 Å². The Bertz CT molecular complexity index is 404. The first-order valence-electron chi connectivity index (χ1n) is 7.02. The van der Waals surface area contributed by atoms with Gasteiger partial charge in [-0.3, -0.25) is 4.99 Å². The third-order valence-electron chi connectivity index (χ3n) is 3.01. The summed E-state index contributed by atoms with van der Waals surface area (Å²) in [5.74, 6) is -0.986. The van der Waals surface area contributed by atoms with Gasteiger partial charge in [-0.2, -0.15) is 0 Å². The Hall–Kier alpha value is -1.60. The largest absolute Gasteiger partial charge is 0.493 e. The zero-order valence-electron chi connectivity index (χ0n) is 13.0. The molecule has 3 unspecified atom stereocenters. The third kappa shape index (κ3) is 5.35. The molecule has 5 N–H and O–H groups in total. The van der Waals surface area contributed by atoms with E-state index in [4.69, 9.17) is 15.6 Å². The highest BCUT2D eigenvalue weighted by atomic mass is 16.5. The van der Waals surface area contributed by atoms with E-state index in [1.165, 1.54) is 14.0 Å². The second-order valence-corrected chi connectivity index (χ2v) is 4.61. The highest BCUT2D eigenvalue weighted by molar-refractivity contribution is 6.01. The molecule has 3 atom stereocenters. The fourth-order valence-corrected chi connectivity index (χ4v) is 2.05. The topological polar surface area (TPSA) is 125 Å². The number of aliphatic imine (C=N–C) groups is 1. The zero-order chi connectivity index (χ0) is 16.6. The first-order chi connectivity index (χ1) is 9.90. The molecule has 122 valence electrons. The molecule has 0 fully saturated rings. The molecular formula is C14H26N2O5. The highest BCUT2D eigenvalue weighted by Crippen LogP contribution is 2.26. The monoisotopic (exact) mass is 302 g/mol. The summed E-state index contributed by atoms with van der Waals surface area (Å²) in [6.07, 6.45) is -0.277. The van der Waals surface area contributed by atoms with E-state index in [-0.39, 0.29) is 12.5 Å². The number of aliphatic hydroxyl groups excluding tert-OH is 2. The van der Waals surface area contributed by atoms with Gasteiger partial charge in [-0.05, 0) is 25.7 Å². The summed E-state index contributed by atoms with van der Waals surface area (Å²) in [4.78, 5) is 15.1. The molecule has 7 heteroatoms. The molecule has 0 bridgehead atoms. The summed E-state index contributed by atoms with van der Waals surface area (Å²) in [6, 6.07) is -1.27. The Morgan fingerprint density at radius 1 is 1.48 bits per heavy atom. The Labute approximate surface area is 125 Å². The molecule has 1 aliphatic rings. The minimum atomic E-state index is -1.27. The minimum Gasteiger partial charge on any atom is -0.493 e. The van der Waals surface area contributed by atoms with Crippen LogP contribution in [0, 0.1) is 5.92 Å². The van der Waals surface area contributed by atoms with Crippen molar-refractivity contribution in [2.75, 3.05) is 13.7 Å². The van der Waals surface area contributed by atoms with E-state index in [1.807, 2.05) is 13.8 Å². The van der Waals surface area contributed by atoms with Crippen molar-refractivity contribution >= 4 is 11.7 Å². The van der Waals surface area contributed by atoms with Crippen LogP contribution in [0.1, 0.15) is 33.6 Å². The predicted molar refractivity (Wildman–Crippen MR) is 79.9 cm³/mol. The van der Waals surface area contributed by atoms with Crippen LogP contribution in [0.15, 0.2) is 16.4 Å². The maximum absolute atomic E-state index is 11.0. The van der Waals surface area contributed by atoms with E-state index in [2.05, 4.69) is 4.99 Å². The standard InChI is InChI=1S/C12H20N2O5.C2H6/c1-6(16)10(12(17)18)14-9-4-7(5-15)3-8(13)11(9)19-2;1-2/h6-7,10,15-16H,3-5,13H2,1-2H3,(H,17,18);1-2H3. The Morgan fingerprint density at radius 3 is 2.43 bits per heavy atom. The molecule has 1 rings (SSSR count). The van der Waals surface area contributed by atoms with E-state index in [1.54, 1.807) is 0 Å². The van der Waals surface area contributed by atoms with Gasteiger partial charge in [-0.25, -0.2) is 4.79 Å². The lowest BCUT2D eigenvalue weighted by atomic mass is 9.90. The van der Waals surface area contributed by atoms with Crippen molar-refractivity contribution in [2.24, 2.45) is 16.6 Å². The van der Waals surface area contributed by atoms with Crippen LogP contribution in [0.5, 0.6) is 0 Å². The molecule has 0 radical (unpaired) electrons. The Balaban J connectivity index is 0.00000191.